The van der Waals surface area contributed by atoms with Crippen LogP contribution in [-0.2, 0) is 9.63 Å². The van der Waals surface area contributed by atoms with Gasteiger partial charge in [-0.3, -0.25) is 9.63 Å². The summed E-state index contributed by atoms with van der Waals surface area (Å²) in [6.07, 6.45) is -0.994. The van der Waals surface area contributed by atoms with Crippen LogP contribution in [0.5, 0.6) is 17.2 Å². The molecule has 3 rings (SSSR count). The first-order valence-corrected chi connectivity index (χ1v) is 10.8. The number of benzene rings is 2. The summed E-state index contributed by atoms with van der Waals surface area (Å²) >= 11 is 11.9. The molecule has 1 amide bonds. The molecule has 1 aliphatic rings. The lowest BCUT2D eigenvalue weighted by Crippen LogP contribution is -2.34. The largest absolute Gasteiger partial charge is 0.487 e. The molecule has 2 aromatic carbocycles. The molecule has 1 saturated heterocycles. The fourth-order valence-electron chi connectivity index (χ4n) is 2.88. The quantitative estimate of drug-likeness (QED) is 0.555. The van der Waals surface area contributed by atoms with Crippen molar-refractivity contribution in [3.63, 3.8) is 0 Å². The monoisotopic (exact) mass is 484 g/mol. The average molecular weight is 485 g/mol. The first-order chi connectivity index (χ1) is 15.3. The Labute approximate surface area is 197 Å². The van der Waals surface area contributed by atoms with Gasteiger partial charge in [-0.1, -0.05) is 23.2 Å². The van der Waals surface area contributed by atoms with Crippen molar-refractivity contribution in [2.24, 2.45) is 0 Å². The van der Waals surface area contributed by atoms with E-state index < -0.39 is 6.10 Å². The number of hydrogen-bond donors (Lipinski definition) is 1. The van der Waals surface area contributed by atoms with Crippen LogP contribution >= 0.6 is 23.2 Å². The number of rotatable bonds is 10. The number of amides is 1. The maximum atomic E-state index is 11.8. The molecule has 0 spiro atoms. The molecule has 0 unspecified atom stereocenters. The van der Waals surface area contributed by atoms with Gasteiger partial charge in [0.1, 0.15) is 31.2 Å². The number of carbonyl (C=O) groups excluding carboxylic acids is 1. The van der Waals surface area contributed by atoms with Crippen molar-refractivity contribution in [2.75, 3.05) is 47.0 Å². The van der Waals surface area contributed by atoms with Gasteiger partial charge in [0.25, 0.3) is 5.91 Å². The summed E-state index contributed by atoms with van der Waals surface area (Å²) in [5, 5.41) is 13.1. The smallest absolute Gasteiger partial charge is 0.259 e. The number of halogens is 2. The Hall–Kier alpha value is -2.23. The van der Waals surface area contributed by atoms with E-state index in [1.165, 1.54) is 4.90 Å². The molecular weight excluding hydrogens is 459 g/mol. The SMILES string of the molecule is CN(C)C(=O)COc1ccc(Cl)cc1OC[C@@H](O)CN1C[C@@H](Oc2ccc(Cl)cc2)CO1. The van der Waals surface area contributed by atoms with Crippen molar-refractivity contribution in [3.05, 3.63) is 52.5 Å². The van der Waals surface area contributed by atoms with E-state index in [-0.39, 0.29) is 31.8 Å². The van der Waals surface area contributed by atoms with Crippen LogP contribution in [0.25, 0.3) is 0 Å². The second kappa shape index (κ2) is 11.6. The number of nitrogens with zero attached hydrogens (tertiary/aromatic N) is 2. The molecule has 2 atom stereocenters. The van der Waals surface area contributed by atoms with Crippen LogP contribution in [0.15, 0.2) is 42.5 Å². The van der Waals surface area contributed by atoms with Gasteiger partial charge in [-0.2, -0.15) is 5.06 Å². The minimum Gasteiger partial charge on any atom is -0.487 e. The number of hydrogen-bond acceptors (Lipinski definition) is 7. The standard InChI is InChI=1S/C22H26Cl2N2O6/c1-25(2)22(28)14-30-20-8-5-16(24)9-21(20)29-12-17(27)10-26-11-19(13-31-26)32-18-6-3-15(23)4-7-18/h3-9,17,19,27H,10-14H2,1-2H3/t17-,19+/m0/s1. The van der Waals surface area contributed by atoms with E-state index in [4.69, 9.17) is 42.3 Å². The Morgan fingerprint density at radius 1 is 1.16 bits per heavy atom. The summed E-state index contributed by atoms with van der Waals surface area (Å²) in [6.45, 7) is 0.960. The average Bonchev–Trinajstić information content (AvgIpc) is 3.19. The normalized spacial score (nSPS) is 17.1. The number of aliphatic hydroxyl groups excluding tert-OH is 1. The second-order valence-electron chi connectivity index (χ2n) is 7.47. The number of ether oxygens (including phenoxy) is 3. The predicted octanol–water partition coefficient (Wildman–Crippen LogP) is 2.89. The molecule has 8 nitrogen and oxygen atoms in total. The Bertz CT molecular complexity index is 896. The molecule has 2 aromatic rings. The molecule has 0 saturated carbocycles. The van der Waals surface area contributed by atoms with E-state index in [0.29, 0.717) is 40.4 Å². The Morgan fingerprint density at radius 3 is 2.59 bits per heavy atom. The van der Waals surface area contributed by atoms with Gasteiger partial charge in [0.2, 0.25) is 0 Å². The third-order valence-electron chi connectivity index (χ3n) is 4.57. The third kappa shape index (κ3) is 7.43. The first-order valence-electron chi connectivity index (χ1n) is 10.0. The summed E-state index contributed by atoms with van der Waals surface area (Å²) < 4.78 is 17.1. The van der Waals surface area contributed by atoms with Gasteiger partial charge in [0, 0.05) is 30.2 Å². The van der Waals surface area contributed by atoms with Crippen LogP contribution in [0.2, 0.25) is 10.0 Å². The summed E-state index contributed by atoms with van der Waals surface area (Å²) in [5.74, 6) is 1.22. The van der Waals surface area contributed by atoms with Crippen molar-refractivity contribution in [1.29, 1.82) is 0 Å². The van der Waals surface area contributed by atoms with E-state index in [9.17, 15) is 9.90 Å². The fourth-order valence-corrected chi connectivity index (χ4v) is 3.17. The van der Waals surface area contributed by atoms with Gasteiger partial charge in [-0.25, -0.2) is 0 Å². The second-order valence-corrected chi connectivity index (χ2v) is 8.34. The Kier molecular flexibility index (Phi) is 8.84. The number of β-amino-alcohol motifs (C(OH)–C–C–N with tert-alkyl or cyclic N) is 1. The lowest BCUT2D eigenvalue weighted by molar-refractivity contribution is -0.132. The van der Waals surface area contributed by atoms with Gasteiger partial charge < -0.3 is 24.2 Å². The highest BCUT2D eigenvalue weighted by molar-refractivity contribution is 6.31. The topological polar surface area (TPSA) is 80.7 Å². The summed E-state index contributed by atoms with van der Waals surface area (Å²) in [5.41, 5.74) is 0. The fraction of sp³-hybridized carbons (Fsp3) is 0.409. The van der Waals surface area contributed by atoms with E-state index in [2.05, 4.69) is 0 Å². The highest BCUT2D eigenvalue weighted by Gasteiger charge is 2.27. The van der Waals surface area contributed by atoms with Crippen molar-refractivity contribution in [2.45, 2.75) is 12.2 Å². The lowest BCUT2D eigenvalue weighted by Gasteiger charge is -2.20. The summed E-state index contributed by atoms with van der Waals surface area (Å²) in [4.78, 5) is 18.8. The van der Waals surface area contributed by atoms with Crippen molar-refractivity contribution < 1.29 is 28.9 Å². The first kappa shape index (κ1) is 24.4. The number of aliphatic hydroxyl groups is 1. The van der Waals surface area contributed by atoms with Gasteiger partial charge >= 0.3 is 0 Å². The maximum Gasteiger partial charge on any atom is 0.259 e. The minimum absolute atomic E-state index is 0.0130. The lowest BCUT2D eigenvalue weighted by atomic mass is 10.3. The van der Waals surface area contributed by atoms with E-state index in [1.54, 1.807) is 61.6 Å². The molecule has 10 heteroatoms. The minimum atomic E-state index is -0.834. The van der Waals surface area contributed by atoms with E-state index in [1.807, 2.05) is 0 Å². The van der Waals surface area contributed by atoms with Gasteiger partial charge in [0.05, 0.1) is 13.1 Å². The summed E-state index contributed by atoms with van der Waals surface area (Å²) in [7, 11) is 3.29. The number of hydroxylamine groups is 2. The summed E-state index contributed by atoms with van der Waals surface area (Å²) in [6, 6.07) is 11.9. The van der Waals surface area contributed by atoms with E-state index >= 15 is 0 Å². The number of likely N-dealkylation sites (N-methyl/N-ethyl adjacent to an activating group) is 1. The zero-order valence-electron chi connectivity index (χ0n) is 17.9. The number of carbonyl (C=O) groups is 1. The van der Waals surface area contributed by atoms with Gasteiger partial charge in [0.15, 0.2) is 18.1 Å². The van der Waals surface area contributed by atoms with Crippen LogP contribution in [0.3, 0.4) is 0 Å². The zero-order chi connectivity index (χ0) is 23.1. The van der Waals surface area contributed by atoms with Crippen molar-refractivity contribution >= 4 is 29.1 Å². The van der Waals surface area contributed by atoms with Crippen LogP contribution in [0, 0.1) is 0 Å². The highest BCUT2D eigenvalue weighted by atomic mass is 35.5. The third-order valence-corrected chi connectivity index (χ3v) is 5.06. The van der Waals surface area contributed by atoms with Crippen molar-refractivity contribution in [1.82, 2.24) is 9.96 Å². The molecule has 0 aromatic heterocycles. The molecular formula is C22H26Cl2N2O6. The molecule has 1 aliphatic heterocycles. The maximum absolute atomic E-state index is 11.8. The zero-order valence-corrected chi connectivity index (χ0v) is 19.4. The molecule has 0 bridgehead atoms. The Morgan fingerprint density at radius 2 is 1.88 bits per heavy atom. The van der Waals surface area contributed by atoms with Crippen LogP contribution in [0.1, 0.15) is 0 Å². The van der Waals surface area contributed by atoms with Crippen LogP contribution in [0.4, 0.5) is 0 Å². The van der Waals surface area contributed by atoms with Gasteiger partial charge in [-0.05, 0) is 36.4 Å². The molecule has 32 heavy (non-hydrogen) atoms. The molecule has 1 fully saturated rings. The molecule has 1 heterocycles. The van der Waals surface area contributed by atoms with Gasteiger partial charge in [-0.15, -0.1) is 0 Å². The van der Waals surface area contributed by atoms with Crippen LogP contribution < -0.4 is 14.2 Å². The predicted molar refractivity (Wildman–Crippen MR) is 121 cm³/mol. The highest BCUT2D eigenvalue weighted by Crippen LogP contribution is 2.30. The van der Waals surface area contributed by atoms with Crippen molar-refractivity contribution in [3.8, 4) is 17.2 Å². The van der Waals surface area contributed by atoms with Crippen LogP contribution in [-0.4, -0.2) is 80.2 Å². The molecule has 0 radical (unpaired) electrons. The molecule has 0 aliphatic carbocycles. The van der Waals surface area contributed by atoms with E-state index in [0.717, 1.165) is 0 Å². The molecule has 174 valence electrons. The molecule has 1 N–H and O–H groups in total. The Balaban J connectivity index is 1.46.